The molecule has 1 atom stereocenters. The zero-order chi connectivity index (χ0) is 15.7. The molecular formula is C16H16F3NO. The van der Waals surface area contributed by atoms with Gasteiger partial charge in [-0.25, -0.2) is 13.2 Å². The lowest BCUT2D eigenvalue weighted by Crippen LogP contribution is -2.16. The fourth-order valence-electron chi connectivity index (χ4n) is 2.28. The predicted molar refractivity (Wildman–Crippen MR) is 74.8 cm³/mol. The van der Waals surface area contributed by atoms with E-state index in [9.17, 15) is 13.2 Å². The van der Waals surface area contributed by atoms with E-state index < -0.39 is 23.5 Å². The van der Waals surface area contributed by atoms with Crippen LogP contribution in [0.3, 0.4) is 0 Å². The summed E-state index contributed by atoms with van der Waals surface area (Å²) in [5, 5.41) is 0. The first-order valence-corrected chi connectivity index (χ1v) is 6.41. The van der Waals surface area contributed by atoms with Crippen LogP contribution in [-0.2, 0) is 0 Å². The van der Waals surface area contributed by atoms with Crippen molar-refractivity contribution in [2.45, 2.75) is 19.9 Å². The normalized spacial score (nSPS) is 12.3. The molecule has 0 aromatic heterocycles. The third-order valence-corrected chi connectivity index (χ3v) is 3.65. The van der Waals surface area contributed by atoms with Crippen LogP contribution >= 0.6 is 0 Å². The van der Waals surface area contributed by atoms with E-state index in [-0.39, 0.29) is 5.56 Å². The van der Waals surface area contributed by atoms with Crippen LogP contribution in [0, 0.1) is 31.3 Å². The third kappa shape index (κ3) is 2.61. The van der Waals surface area contributed by atoms with Gasteiger partial charge < -0.3 is 10.5 Å². The highest BCUT2D eigenvalue weighted by molar-refractivity contribution is 5.49. The van der Waals surface area contributed by atoms with E-state index in [1.165, 1.54) is 7.11 Å². The quantitative estimate of drug-likeness (QED) is 0.875. The highest BCUT2D eigenvalue weighted by Crippen LogP contribution is 2.34. The maximum atomic E-state index is 13.9. The molecule has 1 unspecified atom stereocenters. The monoisotopic (exact) mass is 295 g/mol. The summed E-state index contributed by atoms with van der Waals surface area (Å²) in [6, 6.07) is 4.58. The van der Waals surface area contributed by atoms with E-state index in [1.807, 2.05) is 19.9 Å². The van der Waals surface area contributed by atoms with Crippen LogP contribution in [-0.4, -0.2) is 7.11 Å². The highest BCUT2D eigenvalue weighted by atomic mass is 19.2. The Bertz CT molecular complexity index is 686. The Labute approximate surface area is 121 Å². The lowest BCUT2D eigenvalue weighted by atomic mass is 9.94. The maximum Gasteiger partial charge on any atom is 0.194 e. The Balaban J connectivity index is 2.58. The largest absolute Gasteiger partial charge is 0.496 e. The first-order valence-electron chi connectivity index (χ1n) is 6.41. The van der Waals surface area contributed by atoms with Crippen molar-refractivity contribution in [2.75, 3.05) is 7.11 Å². The van der Waals surface area contributed by atoms with Crippen molar-refractivity contribution in [2.24, 2.45) is 5.73 Å². The molecule has 0 saturated carbocycles. The van der Waals surface area contributed by atoms with Gasteiger partial charge in [0, 0.05) is 11.1 Å². The summed E-state index contributed by atoms with van der Waals surface area (Å²) in [5.74, 6) is -3.52. The highest BCUT2D eigenvalue weighted by Gasteiger charge is 2.22. The average molecular weight is 295 g/mol. The van der Waals surface area contributed by atoms with E-state index >= 15 is 0 Å². The number of rotatable bonds is 3. The summed E-state index contributed by atoms with van der Waals surface area (Å²) < 4.78 is 45.6. The second-order valence-electron chi connectivity index (χ2n) is 4.87. The molecule has 0 amide bonds. The van der Waals surface area contributed by atoms with Gasteiger partial charge in [-0.05, 0) is 31.0 Å². The molecule has 112 valence electrons. The lowest BCUT2D eigenvalue weighted by Gasteiger charge is -2.19. The van der Waals surface area contributed by atoms with Gasteiger partial charge in [-0.2, -0.15) is 0 Å². The Hall–Kier alpha value is -2.01. The minimum absolute atomic E-state index is 0.115. The standard InChI is InChI=1S/C16H16F3NO/c1-8-4-5-11(16(21-3)9(8)2)15(20)10-6-7-12(17)14(19)13(10)18/h4-7,15H,20H2,1-3H3. The number of hydrogen-bond acceptors (Lipinski definition) is 2. The number of nitrogens with two attached hydrogens (primary N) is 1. The number of aryl methyl sites for hydroxylation is 1. The predicted octanol–water partition coefficient (Wildman–Crippen LogP) is 3.78. The van der Waals surface area contributed by atoms with Gasteiger partial charge in [-0.1, -0.05) is 18.2 Å². The minimum Gasteiger partial charge on any atom is -0.496 e. The van der Waals surface area contributed by atoms with Gasteiger partial charge in [-0.15, -0.1) is 0 Å². The van der Waals surface area contributed by atoms with E-state index in [2.05, 4.69) is 0 Å². The molecule has 0 fully saturated rings. The first-order chi connectivity index (χ1) is 9.88. The first kappa shape index (κ1) is 15.4. The van der Waals surface area contributed by atoms with Crippen LogP contribution in [0.1, 0.15) is 28.3 Å². The zero-order valence-corrected chi connectivity index (χ0v) is 12.0. The summed E-state index contributed by atoms with van der Waals surface area (Å²) in [5.41, 5.74) is 8.29. The van der Waals surface area contributed by atoms with E-state index in [4.69, 9.17) is 10.5 Å². The van der Waals surface area contributed by atoms with Crippen molar-refractivity contribution in [3.8, 4) is 5.75 Å². The van der Waals surface area contributed by atoms with Crippen LogP contribution < -0.4 is 10.5 Å². The van der Waals surface area contributed by atoms with E-state index in [0.29, 0.717) is 11.3 Å². The molecule has 0 heterocycles. The van der Waals surface area contributed by atoms with Crippen LogP contribution in [0.4, 0.5) is 13.2 Å². The zero-order valence-electron chi connectivity index (χ0n) is 12.0. The fraction of sp³-hybridized carbons (Fsp3) is 0.250. The maximum absolute atomic E-state index is 13.9. The van der Waals surface area contributed by atoms with Gasteiger partial charge >= 0.3 is 0 Å². The summed E-state index contributed by atoms with van der Waals surface area (Å²) in [4.78, 5) is 0. The van der Waals surface area contributed by atoms with Gasteiger partial charge in [0.25, 0.3) is 0 Å². The second kappa shape index (κ2) is 5.77. The SMILES string of the molecule is COc1c(C(N)c2ccc(F)c(F)c2F)ccc(C)c1C. The molecule has 0 spiro atoms. The Morgan fingerprint density at radius 1 is 0.952 bits per heavy atom. The summed E-state index contributed by atoms with van der Waals surface area (Å²) in [7, 11) is 1.49. The van der Waals surface area contributed by atoms with Gasteiger partial charge in [0.2, 0.25) is 0 Å². The summed E-state index contributed by atoms with van der Waals surface area (Å²) >= 11 is 0. The van der Waals surface area contributed by atoms with Crippen LogP contribution in [0.15, 0.2) is 24.3 Å². The Morgan fingerprint density at radius 2 is 1.57 bits per heavy atom. The Morgan fingerprint density at radius 3 is 2.19 bits per heavy atom. The second-order valence-corrected chi connectivity index (χ2v) is 4.87. The molecule has 2 rings (SSSR count). The molecular weight excluding hydrogens is 279 g/mol. The van der Waals surface area contributed by atoms with Crippen molar-refractivity contribution >= 4 is 0 Å². The number of methoxy groups -OCH3 is 1. The van der Waals surface area contributed by atoms with Crippen LogP contribution in [0.25, 0.3) is 0 Å². The minimum atomic E-state index is -1.52. The lowest BCUT2D eigenvalue weighted by molar-refractivity contribution is 0.402. The summed E-state index contributed by atoms with van der Waals surface area (Å²) in [6.07, 6.45) is 0. The fourth-order valence-corrected chi connectivity index (χ4v) is 2.28. The third-order valence-electron chi connectivity index (χ3n) is 3.65. The average Bonchev–Trinajstić information content (AvgIpc) is 2.47. The topological polar surface area (TPSA) is 35.2 Å². The molecule has 0 radical (unpaired) electrons. The van der Waals surface area contributed by atoms with Crippen molar-refractivity contribution in [1.82, 2.24) is 0 Å². The smallest absolute Gasteiger partial charge is 0.194 e. The number of halogens is 3. The molecule has 2 N–H and O–H groups in total. The molecule has 21 heavy (non-hydrogen) atoms. The number of hydrogen-bond donors (Lipinski definition) is 1. The van der Waals surface area contributed by atoms with Crippen molar-refractivity contribution in [1.29, 1.82) is 0 Å². The molecule has 0 bridgehead atoms. The molecule has 0 aliphatic heterocycles. The molecule has 2 aromatic rings. The van der Waals surface area contributed by atoms with Crippen LogP contribution in [0.2, 0.25) is 0 Å². The van der Waals surface area contributed by atoms with Gasteiger partial charge in [-0.3, -0.25) is 0 Å². The van der Waals surface area contributed by atoms with E-state index in [1.54, 1.807) is 6.07 Å². The van der Waals surface area contributed by atoms with E-state index in [0.717, 1.165) is 23.3 Å². The molecule has 0 aliphatic carbocycles. The number of ether oxygens (including phenoxy) is 1. The van der Waals surface area contributed by atoms with Crippen LogP contribution in [0.5, 0.6) is 5.75 Å². The molecule has 5 heteroatoms. The van der Waals surface area contributed by atoms with Gasteiger partial charge in [0.15, 0.2) is 17.5 Å². The van der Waals surface area contributed by atoms with Crippen molar-refractivity contribution < 1.29 is 17.9 Å². The van der Waals surface area contributed by atoms with Gasteiger partial charge in [0.1, 0.15) is 5.75 Å². The van der Waals surface area contributed by atoms with Gasteiger partial charge in [0.05, 0.1) is 13.2 Å². The molecule has 0 saturated heterocycles. The Kier molecular flexibility index (Phi) is 4.23. The summed E-state index contributed by atoms with van der Waals surface area (Å²) in [6.45, 7) is 3.76. The number of benzene rings is 2. The van der Waals surface area contributed by atoms with Crippen molar-refractivity contribution in [3.05, 3.63) is 64.0 Å². The molecule has 2 aromatic carbocycles. The molecule has 2 nitrogen and oxygen atoms in total. The van der Waals surface area contributed by atoms with Crippen molar-refractivity contribution in [3.63, 3.8) is 0 Å². The molecule has 0 aliphatic rings.